The highest BCUT2D eigenvalue weighted by Crippen LogP contribution is 2.15. The minimum atomic E-state index is -0.229. The Labute approximate surface area is 119 Å². The molecule has 0 fully saturated rings. The van der Waals surface area contributed by atoms with Gasteiger partial charge in [0, 0.05) is 16.6 Å². The second-order valence-electron chi connectivity index (χ2n) is 4.29. The molecule has 0 aliphatic heterocycles. The summed E-state index contributed by atoms with van der Waals surface area (Å²) < 4.78 is 27.0. The molecule has 0 aromatic heterocycles. The SMILES string of the molecule is Fc1ccc(CCNCc2cc(Br)ccc2F)cc1. The van der Waals surface area contributed by atoms with Gasteiger partial charge in [0.2, 0.25) is 0 Å². The van der Waals surface area contributed by atoms with E-state index in [-0.39, 0.29) is 11.6 Å². The monoisotopic (exact) mass is 325 g/mol. The highest BCUT2D eigenvalue weighted by atomic mass is 79.9. The van der Waals surface area contributed by atoms with Crippen LogP contribution in [0.15, 0.2) is 46.9 Å². The van der Waals surface area contributed by atoms with Crippen LogP contribution in [0.2, 0.25) is 0 Å². The molecule has 4 heteroatoms. The maximum atomic E-state index is 13.5. The van der Waals surface area contributed by atoms with E-state index in [1.54, 1.807) is 24.3 Å². The van der Waals surface area contributed by atoms with Gasteiger partial charge in [-0.05, 0) is 48.9 Å². The van der Waals surface area contributed by atoms with Gasteiger partial charge >= 0.3 is 0 Å². The average molecular weight is 326 g/mol. The van der Waals surface area contributed by atoms with Gasteiger partial charge in [-0.25, -0.2) is 8.78 Å². The molecule has 2 rings (SSSR count). The smallest absolute Gasteiger partial charge is 0.127 e. The number of hydrogen-bond donors (Lipinski definition) is 1. The highest BCUT2D eigenvalue weighted by molar-refractivity contribution is 9.10. The average Bonchev–Trinajstić information content (AvgIpc) is 2.40. The summed E-state index contributed by atoms with van der Waals surface area (Å²) in [4.78, 5) is 0. The van der Waals surface area contributed by atoms with Gasteiger partial charge in [-0.15, -0.1) is 0 Å². The number of benzene rings is 2. The Morgan fingerprint density at radius 2 is 1.74 bits per heavy atom. The van der Waals surface area contributed by atoms with Crippen LogP contribution in [0.25, 0.3) is 0 Å². The van der Waals surface area contributed by atoms with Crippen LogP contribution in [0.5, 0.6) is 0 Å². The summed E-state index contributed by atoms with van der Waals surface area (Å²) in [7, 11) is 0. The van der Waals surface area contributed by atoms with Crippen molar-refractivity contribution in [3.8, 4) is 0 Å². The van der Waals surface area contributed by atoms with E-state index >= 15 is 0 Å². The van der Waals surface area contributed by atoms with Crippen molar-refractivity contribution in [1.29, 1.82) is 0 Å². The molecule has 0 aliphatic carbocycles. The summed E-state index contributed by atoms with van der Waals surface area (Å²) in [5, 5.41) is 3.18. The first-order valence-corrected chi connectivity index (χ1v) is 6.83. The summed E-state index contributed by atoms with van der Waals surface area (Å²) in [5.41, 5.74) is 1.69. The van der Waals surface area contributed by atoms with Gasteiger partial charge < -0.3 is 5.32 Å². The van der Waals surface area contributed by atoms with Crippen LogP contribution in [0.3, 0.4) is 0 Å². The summed E-state index contributed by atoms with van der Waals surface area (Å²) in [6, 6.07) is 11.3. The lowest BCUT2D eigenvalue weighted by Gasteiger charge is -2.07. The second-order valence-corrected chi connectivity index (χ2v) is 5.20. The van der Waals surface area contributed by atoms with Gasteiger partial charge in [-0.1, -0.05) is 28.1 Å². The Hall–Kier alpha value is -1.26. The molecule has 2 aromatic rings. The van der Waals surface area contributed by atoms with Crippen LogP contribution in [0.4, 0.5) is 8.78 Å². The third-order valence-corrected chi connectivity index (χ3v) is 3.32. The molecule has 0 unspecified atom stereocenters. The zero-order valence-electron chi connectivity index (χ0n) is 10.3. The minimum absolute atomic E-state index is 0.211. The Morgan fingerprint density at radius 1 is 1.00 bits per heavy atom. The molecule has 1 N–H and O–H groups in total. The number of nitrogens with one attached hydrogen (secondary N) is 1. The Balaban J connectivity index is 1.80. The maximum Gasteiger partial charge on any atom is 0.127 e. The molecule has 0 bridgehead atoms. The minimum Gasteiger partial charge on any atom is -0.312 e. The fraction of sp³-hybridized carbons (Fsp3) is 0.200. The Morgan fingerprint density at radius 3 is 2.47 bits per heavy atom. The molecule has 0 atom stereocenters. The van der Waals surface area contributed by atoms with Crippen LogP contribution in [-0.2, 0) is 13.0 Å². The van der Waals surface area contributed by atoms with Crippen molar-refractivity contribution in [3.63, 3.8) is 0 Å². The van der Waals surface area contributed by atoms with E-state index in [4.69, 9.17) is 0 Å². The lowest BCUT2D eigenvalue weighted by Crippen LogP contribution is -2.17. The van der Waals surface area contributed by atoms with E-state index in [9.17, 15) is 8.78 Å². The van der Waals surface area contributed by atoms with Crippen molar-refractivity contribution in [2.45, 2.75) is 13.0 Å². The number of rotatable bonds is 5. The summed E-state index contributed by atoms with van der Waals surface area (Å²) in [5.74, 6) is -0.439. The van der Waals surface area contributed by atoms with E-state index in [1.807, 2.05) is 0 Å². The van der Waals surface area contributed by atoms with E-state index < -0.39 is 0 Å². The molecule has 0 heterocycles. The molecule has 19 heavy (non-hydrogen) atoms. The largest absolute Gasteiger partial charge is 0.312 e. The summed E-state index contributed by atoms with van der Waals surface area (Å²) >= 11 is 3.32. The van der Waals surface area contributed by atoms with E-state index in [1.165, 1.54) is 18.2 Å². The van der Waals surface area contributed by atoms with Gasteiger partial charge in [-0.2, -0.15) is 0 Å². The standard InChI is InChI=1S/C15H14BrF2N/c16-13-3-6-15(18)12(9-13)10-19-8-7-11-1-4-14(17)5-2-11/h1-6,9,19H,7-8,10H2. The predicted octanol–water partition coefficient (Wildman–Crippen LogP) is 4.06. The third kappa shape index (κ3) is 4.40. The van der Waals surface area contributed by atoms with Crippen LogP contribution in [0.1, 0.15) is 11.1 Å². The van der Waals surface area contributed by atoms with Crippen molar-refractivity contribution in [3.05, 3.63) is 69.7 Å². The molecule has 100 valence electrons. The predicted molar refractivity (Wildman–Crippen MR) is 75.9 cm³/mol. The van der Waals surface area contributed by atoms with Gasteiger partial charge in [0.25, 0.3) is 0 Å². The second kappa shape index (κ2) is 6.78. The molecule has 0 radical (unpaired) electrons. The van der Waals surface area contributed by atoms with E-state index in [2.05, 4.69) is 21.2 Å². The first-order valence-electron chi connectivity index (χ1n) is 6.04. The zero-order valence-corrected chi connectivity index (χ0v) is 11.9. The van der Waals surface area contributed by atoms with Gasteiger partial charge in [-0.3, -0.25) is 0 Å². The first-order chi connectivity index (χ1) is 9.15. The normalized spacial score (nSPS) is 10.7. The molecular formula is C15H14BrF2N. The van der Waals surface area contributed by atoms with E-state index in [0.717, 1.165) is 23.0 Å². The molecule has 0 saturated carbocycles. The van der Waals surface area contributed by atoms with Crippen molar-refractivity contribution >= 4 is 15.9 Å². The Kier molecular flexibility index (Phi) is 5.05. The summed E-state index contributed by atoms with van der Waals surface area (Å²) in [6.45, 7) is 1.20. The van der Waals surface area contributed by atoms with Crippen molar-refractivity contribution < 1.29 is 8.78 Å². The van der Waals surface area contributed by atoms with Crippen molar-refractivity contribution in [1.82, 2.24) is 5.32 Å². The molecule has 1 nitrogen and oxygen atoms in total. The topological polar surface area (TPSA) is 12.0 Å². The summed E-state index contributed by atoms with van der Waals surface area (Å²) in [6.07, 6.45) is 0.788. The molecular weight excluding hydrogens is 312 g/mol. The van der Waals surface area contributed by atoms with Gasteiger partial charge in [0.1, 0.15) is 11.6 Å². The maximum absolute atomic E-state index is 13.5. The number of hydrogen-bond acceptors (Lipinski definition) is 1. The Bertz CT molecular complexity index is 540. The van der Waals surface area contributed by atoms with Crippen LogP contribution < -0.4 is 5.32 Å². The zero-order chi connectivity index (χ0) is 13.7. The van der Waals surface area contributed by atoms with Crippen LogP contribution in [-0.4, -0.2) is 6.54 Å². The quantitative estimate of drug-likeness (QED) is 0.817. The molecule has 0 amide bonds. The van der Waals surface area contributed by atoms with Crippen molar-refractivity contribution in [2.75, 3.05) is 6.54 Å². The molecule has 0 spiro atoms. The highest BCUT2D eigenvalue weighted by Gasteiger charge is 2.02. The van der Waals surface area contributed by atoms with Gasteiger partial charge in [0.15, 0.2) is 0 Å². The molecule has 2 aromatic carbocycles. The fourth-order valence-corrected chi connectivity index (χ4v) is 2.19. The first kappa shape index (κ1) is 14.2. The fourth-order valence-electron chi connectivity index (χ4n) is 1.79. The lowest BCUT2D eigenvalue weighted by atomic mass is 10.1. The molecule has 0 saturated heterocycles. The molecule has 0 aliphatic rings. The number of halogens is 3. The third-order valence-electron chi connectivity index (χ3n) is 2.83. The van der Waals surface area contributed by atoms with Gasteiger partial charge in [0.05, 0.1) is 0 Å². The van der Waals surface area contributed by atoms with Crippen molar-refractivity contribution in [2.24, 2.45) is 0 Å². The van der Waals surface area contributed by atoms with E-state index in [0.29, 0.717) is 12.1 Å². The van der Waals surface area contributed by atoms with Crippen LogP contribution in [0, 0.1) is 11.6 Å². The van der Waals surface area contributed by atoms with Crippen LogP contribution >= 0.6 is 15.9 Å². The lowest BCUT2D eigenvalue weighted by molar-refractivity contribution is 0.587.